The SMILES string of the molecule is CC(=O)c1oc2cc(C)ccc2c1CC(=O)Nc1c(-c2ccccn2)nc2ccccn12. The quantitative estimate of drug-likeness (QED) is 0.408. The van der Waals surface area contributed by atoms with Crippen molar-refractivity contribution in [1.29, 1.82) is 0 Å². The number of aromatic nitrogens is 3. The van der Waals surface area contributed by atoms with Gasteiger partial charge in [-0.15, -0.1) is 0 Å². The Hall–Kier alpha value is -4.26. The van der Waals surface area contributed by atoms with E-state index in [2.05, 4.69) is 15.3 Å². The summed E-state index contributed by atoms with van der Waals surface area (Å²) < 4.78 is 7.59. The van der Waals surface area contributed by atoms with Crippen molar-refractivity contribution in [3.8, 4) is 11.4 Å². The number of carbonyl (C=O) groups excluding carboxylic acids is 2. The Labute approximate surface area is 183 Å². The number of hydrogen-bond donors (Lipinski definition) is 1. The van der Waals surface area contributed by atoms with E-state index in [4.69, 9.17) is 4.42 Å². The molecule has 0 saturated heterocycles. The number of imidazole rings is 1. The van der Waals surface area contributed by atoms with Crippen molar-refractivity contribution in [2.75, 3.05) is 5.32 Å². The number of anilines is 1. The Bertz CT molecular complexity index is 1480. The summed E-state index contributed by atoms with van der Waals surface area (Å²) in [6.07, 6.45) is 3.51. The van der Waals surface area contributed by atoms with E-state index in [0.717, 1.165) is 10.9 Å². The molecule has 7 nitrogen and oxygen atoms in total. The lowest BCUT2D eigenvalue weighted by Gasteiger charge is -2.08. The van der Waals surface area contributed by atoms with Gasteiger partial charge >= 0.3 is 0 Å². The molecule has 1 amide bonds. The first-order chi connectivity index (χ1) is 15.5. The number of ketones is 1. The summed E-state index contributed by atoms with van der Waals surface area (Å²) in [6.45, 7) is 3.39. The molecule has 158 valence electrons. The molecule has 32 heavy (non-hydrogen) atoms. The predicted molar refractivity (Wildman–Crippen MR) is 122 cm³/mol. The zero-order valence-electron chi connectivity index (χ0n) is 17.6. The number of hydrogen-bond acceptors (Lipinski definition) is 5. The smallest absolute Gasteiger partial charge is 0.230 e. The molecule has 0 aliphatic heterocycles. The van der Waals surface area contributed by atoms with Gasteiger partial charge < -0.3 is 9.73 Å². The van der Waals surface area contributed by atoms with Gasteiger partial charge in [0.25, 0.3) is 0 Å². The number of furan rings is 1. The number of amides is 1. The molecule has 0 unspecified atom stereocenters. The van der Waals surface area contributed by atoms with Crippen molar-refractivity contribution in [1.82, 2.24) is 14.4 Å². The summed E-state index contributed by atoms with van der Waals surface area (Å²) in [5, 5.41) is 3.74. The van der Waals surface area contributed by atoms with E-state index >= 15 is 0 Å². The van der Waals surface area contributed by atoms with Crippen LogP contribution in [-0.4, -0.2) is 26.1 Å². The molecular formula is C25H20N4O3. The predicted octanol–water partition coefficient (Wildman–Crippen LogP) is 4.83. The van der Waals surface area contributed by atoms with Crippen LogP contribution in [0.1, 0.15) is 28.6 Å². The van der Waals surface area contributed by atoms with E-state index in [1.165, 1.54) is 6.92 Å². The lowest BCUT2D eigenvalue weighted by Crippen LogP contribution is -2.17. The summed E-state index contributed by atoms with van der Waals surface area (Å²) in [5.74, 6) is 0.241. The third-order valence-electron chi connectivity index (χ3n) is 5.30. The number of nitrogens with zero attached hydrogens (tertiary/aromatic N) is 3. The maximum atomic E-state index is 13.2. The number of pyridine rings is 2. The molecule has 0 bridgehead atoms. The van der Waals surface area contributed by atoms with Gasteiger partial charge in [0.05, 0.1) is 12.1 Å². The first kappa shape index (κ1) is 19.7. The van der Waals surface area contributed by atoms with Crippen molar-refractivity contribution in [2.45, 2.75) is 20.3 Å². The van der Waals surface area contributed by atoms with Crippen LogP contribution in [0.4, 0.5) is 5.82 Å². The minimum absolute atomic E-state index is 0.00724. The summed E-state index contributed by atoms with van der Waals surface area (Å²) in [6, 6.07) is 16.8. The molecule has 1 N–H and O–H groups in total. The Kier molecular flexibility index (Phi) is 4.78. The number of aryl methyl sites for hydroxylation is 1. The Morgan fingerprint density at radius 2 is 1.94 bits per heavy atom. The number of fused-ring (bicyclic) bond motifs is 2. The lowest BCUT2D eigenvalue weighted by atomic mass is 10.0. The Balaban J connectivity index is 1.54. The van der Waals surface area contributed by atoms with Crippen LogP contribution in [0.2, 0.25) is 0 Å². The zero-order valence-corrected chi connectivity index (χ0v) is 17.6. The van der Waals surface area contributed by atoms with Gasteiger partial charge in [0.1, 0.15) is 22.7 Å². The third kappa shape index (κ3) is 3.43. The molecule has 5 aromatic rings. The van der Waals surface area contributed by atoms with Crippen molar-refractivity contribution >= 4 is 34.1 Å². The van der Waals surface area contributed by atoms with Gasteiger partial charge in [0, 0.05) is 30.3 Å². The van der Waals surface area contributed by atoms with Crippen molar-refractivity contribution < 1.29 is 14.0 Å². The Morgan fingerprint density at radius 1 is 1.09 bits per heavy atom. The molecular weight excluding hydrogens is 404 g/mol. The molecule has 4 aromatic heterocycles. The highest BCUT2D eigenvalue weighted by Crippen LogP contribution is 2.30. The van der Waals surface area contributed by atoms with E-state index < -0.39 is 0 Å². The minimum Gasteiger partial charge on any atom is -0.453 e. The molecule has 0 radical (unpaired) electrons. The zero-order chi connectivity index (χ0) is 22.2. The van der Waals surface area contributed by atoms with Crippen LogP contribution in [0.5, 0.6) is 0 Å². The largest absolute Gasteiger partial charge is 0.453 e. The second-order valence-corrected chi connectivity index (χ2v) is 7.64. The second-order valence-electron chi connectivity index (χ2n) is 7.64. The highest BCUT2D eigenvalue weighted by atomic mass is 16.3. The van der Waals surface area contributed by atoms with Crippen molar-refractivity contribution in [2.24, 2.45) is 0 Å². The van der Waals surface area contributed by atoms with Gasteiger partial charge in [-0.2, -0.15) is 0 Å². The highest BCUT2D eigenvalue weighted by Gasteiger charge is 2.22. The van der Waals surface area contributed by atoms with E-state index in [-0.39, 0.29) is 23.9 Å². The standard InChI is InChI=1S/C25H20N4O3/c1-15-9-10-17-18(24(16(2)30)32-20(17)13-15)14-22(31)28-25-23(19-7-3-5-11-26-19)27-21-8-4-6-12-29(21)25/h3-13H,14H2,1-2H3,(H,28,31). The molecule has 0 saturated carbocycles. The summed E-state index contributed by atoms with van der Waals surface area (Å²) in [4.78, 5) is 34.4. The van der Waals surface area contributed by atoms with Crippen molar-refractivity contribution in [3.05, 3.63) is 83.9 Å². The number of rotatable bonds is 5. The van der Waals surface area contributed by atoms with Crippen LogP contribution in [0.15, 0.2) is 71.4 Å². The van der Waals surface area contributed by atoms with Gasteiger partial charge in [-0.1, -0.05) is 24.3 Å². The fourth-order valence-corrected chi connectivity index (χ4v) is 3.85. The Morgan fingerprint density at radius 3 is 2.72 bits per heavy atom. The number of carbonyl (C=O) groups is 2. The normalized spacial score (nSPS) is 11.2. The van der Waals surface area contributed by atoms with Crippen LogP contribution < -0.4 is 5.32 Å². The lowest BCUT2D eigenvalue weighted by molar-refractivity contribution is -0.115. The molecule has 7 heteroatoms. The topological polar surface area (TPSA) is 89.5 Å². The molecule has 0 spiro atoms. The fraction of sp³-hybridized carbons (Fsp3) is 0.120. The van der Waals surface area contributed by atoms with Gasteiger partial charge in [0.2, 0.25) is 5.91 Å². The van der Waals surface area contributed by atoms with E-state index in [9.17, 15) is 9.59 Å². The van der Waals surface area contributed by atoms with Gasteiger partial charge in [-0.3, -0.25) is 19.0 Å². The molecule has 1 aromatic carbocycles. The average Bonchev–Trinajstić information content (AvgIpc) is 3.33. The number of Topliss-reactive ketones (excluding diaryl/α,β-unsaturated/α-hetero) is 1. The average molecular weight is 424 g/mol. The monoisotopic (exact) mass is 424 g/mol. The molecule has 0 aliphatic carbocycles. The number of benzene rings is 1. The fourth-order valence-electron chi connectivity index (χ4n) is 3.85. The van der Waals surface area contributed by atoms with Crippen LogP contribution in [-0.2, 0) is 11.2 Å². The summed E-state index contributed by atoms with van der Waals surface area (Å²) in [7, 11) is 0. The third-order valence-corrected chi connectivity index (χ3v) is 5.30. The second kappa shape index (κ2) is 7.77. The molecule has 0 fully saturated rings. The van der Waals surface area contributed by atoms with Gasteiger partial charge in [-0.05, 0) is 42.8 Å². The maximum absolute atomic E-state index is 13.2. The van der Waals surface area contributed by atoms with E-state index in [1.807, 2.05) is 72.1 Å². The summed E-state index contributed by atoms with van der Waals surface area (Å²) >= 11 is 0. The van der Waals surface area contributed by atoms with Crippen LogP contribution in [0, 0.1) is 6.92 Å². The highest BCUT2D eigenvalue weighted by molar-refractivity contribution is 6.03. The minimum atomic E-state index is -0.279. The van der Waals surface area contributed by atoms with Crippen LogP contribution >= 0.6 is 0 Å². The van der Waals surface area contributed by atoms with Crippen LogP contribution in [0.3, 0.4) is 0 Å². The van der Waals surface area contributed by atoms with Gasteiger partial charge in [-0.25, -0.2) is 4.98 Å². The molecule has 0 aliphatic rings. The molecule has 0 atom stereocenters. The maximum Gasteiger partial charge on any atom is 0.230 e. The van der Waals surface area contributed by atoms with E-state index in [1.54, 1.807) is 6.20 Å². The summed E-state index contributed by atoms with van der Waals surface area (Å²) in [5.41, 5.74) is 4.12. The van der Waals surface area contributed by atoms with Gasteiger partial charge in [0.15, 0.2) is 11.5 Å². The molecule has 5 rings (SSSR count). The van der Waals surface area contributed by atoms with E-state index in [0.29, 0.717) is 34.0 Å². The van der Waals surface area contributed by atoms with Crippen molar-refractivity contribution in [3.63, 3.8) is 0 Å². The van der Waals surface area contributed by atoms with Crippen LogP contribution in [0.25, 0.3) is 28.0 Å². The first-order valence-electron chi connectivity index (χ1n) is 10.2. The number of nitrogens with one attached hydrogen (secondary N) is 1. The molecule has 4 heterocycles. The first-order valence-corrected chi connectivity index (χ1v) is 10.2.